The number of phenolic OH excluding ortho intramolecular Hbond substituents is 1. The lowest BCUT2D eigenvalue weighted by Gasteiger charge is -2.05. The average molecular weight is 482 g/mol. The highest BCUT2D eigenvalue weighted by Crippen LogP contribution is 2.36. The molecule has 8 heteroatoms. The largest absolute Gasteiger partial charge is 0.505 e. The molecule has 0 spiro atoms. The van der Waals surface area contributed by atoms with Crippen LogP contribution in [0.5, 0.6) is 11.5 Å². The van der Waals surface area contributed by atoms with Gasteiger partial charge in [-0.2, -0.15) is 8.78 Å². The van der Waals surface area contributed by atoms with Crippen molar-refractivity contribution in [1.82, 2.24) is 0 Å². The zero-order valence-electron chi connectivity index (χ0n) is 18.4. The normalized spacial score (nSPS) is 11.3. The molecule has 0 fully saturated rings. The van der Waals surface area contributed by atoms with E-state index in [1.54, 1.807) is 30.3 Å². The van der Waals surface area contributed by atoms with Crippen molar-refractivity contribution in [1.29, 1.82) is 0 Å². The van der Waals surface area contributed by atoms with E-state index in [9.17, 15) is 22.7 Å². The van der Waals surface area contributed by atoms with Gasteiger partial charge in [0.15, 0.2) is 45.5 Å². The molecule has 178 valence electrons. The van der Waals surface area contributed by atoms with Crippen molar-refractivity contribution >= 4 is 43.9 Å². The van der Waals surface area contributed by atoms with Gasteiger partial charge in [0.05, 0.1) is 6.61 Å². The van der Waals surface area contributed by atoms with E-state index in [0.717, 1.165) is 6.42 Å². The fourth-order valence-corrected chi connectivity index (χ4v) is 3.88. The van der Waals surface area contributed by atoms with Gasteiger partial charge in [-0.15, -0.1) is 0 Å². The molecule has 0 aliphatic heterocycles. The molecule has 6 rings (SSSR count). The number of fused-ring (bicyclic) bond motifs is 6. The van der Waals surface area contributed by atoms with Crippen molar-refractivity contribution < 1.29 is 36.2 Å². The van der Waals surface area contributed by atoms with Crippen molar-refractivity contribution in [2.75, 3.05) is 6.61 Å². The molecule has 0 aliphatic carbocycles. The monoisotopic (exact) mass is 482 g/mol. The summed E-state index contributed by atoms with van der Waals surface area (Å²) >= 11 is 0. The predicted molar refractivity (Wildman–Crippen MR) is 125 cm³/mol. The Bertz CT molecular complexity index is 1700. The van der Waals surface area contributed by atoms with Crippen molar-refractivity contribution in [2.45, 2.75) is 13.3 Å². The van der Waals surface area contributed by atoms with E-state index in [-0.39, 0.29) is 28.1 Å². The molecule has 35 heavy (non-hydrogen) atoms. The van der Waals surface area contributed by atoms with Crippen LogP contribution < -0.4 is 4.74 Å². The molecule has 4 nitrogen and oxygen atoms in total. The Morgan fingerprint density at radius 1 is 0.657 bits per heavy atom. The molecule has 0 saturated heterocycles. The lowest BCUT2D eigenvalue weighted by molar-refractivity contribution is 0.301. The maximum Gasteiger partial charge on any atom is 0.208 e. The van der Waals surface area contributed by atoms with Gasteiger partial charge >= 0.3 is 0 Å². The summed E-state index contributed by atoms with van der Waals surface area (Å²) in [4.78, 5) is 0. The molecule has 6 aromatic rings. The van der Waals surface area contributed by atoms with Crippen molar-refractivity contribution in [3.63, 3.8) is 0 Å². The second-order valence-corrected chi connectivity index (χ2v) is 7.82. The second kappa shape index (κ2) is 8.87. The molecular weight excluding hydrogens is 464 g/mol. The van der Waals surface area contributed by atoms with Crippen LogP contribution in [0.2, 0.25) is 0 Å². The number of furan rings is 2. The first kappa shape index (κ1) is 22.6. The maximum absolute atomic E-state index is 14.2. The van der Waals surface area contributed by atoms with Gasteiger partial charge in [0.1, 0.15) is 0 Å². The predicted octanol–water partition coefficient (Wildman–Crippen LogP) is 8.22. The Kier molecular flexibility index (Phi) is 5.72. The van der Waals surface area contributed by atoms with E-state index in [4.69, 9.17) is 13.6 Å². The van der Waals surface area contributed by atoms with Crippen LogP contribution in [0.4, 0.5) is 17.6 Å². The van der Waals surface area contributed by atoms with Crippen LogP contribution in [0.25, 0.3) is 43.9 Å². The lowest BCUT2D eigenvalue weighted by atomic mass is 10.1. The van der Waals surface area contributed by atoms with Gasteiger partial charge in [0.2, 0.25) is 11.6 Å². The van der Waals surface area contributed by atoms with Crippen molar-refractivity contribution in [2.24, 2.45) is 0 Å². The zero-order valence-corrected chi connectivity index (χ0v) is 18.4. The summed E-state index contributed by atoms with van der Waals surface area (Å²) in [6, 6.07) is 14.9. The lowest BCUT2D eigenvalue weighted by Crippen LogP contribution is -1.97. The van der Waals surface area contributed by atoms with E-state index in [0.29, 0.717) is 28.2 Å². The van der Waals surface area contributed by atoms with Gasteiger partial charge in [0, 0.05) is 21.5 Å². The third kappa shape index (κ3) is 3.80. The summed E-state index contributed by atoms with van der Waals surface area (Å²) in [6.07, 6.45) is 0.784. The number of hydrogen-bond donors (Lipinski definition) is 1. The van der Waals surface area contributed by atoms with Crippen LogP contribution in [0.3, 0.4) is 0 Å². The van der Waals surface area contributed by atoms with E-state index in [1.807, 2.05) is 6.92 Å². The van der Waals surface area contributed by atoms with Gasteiger partial charge in [-0.3, -0.25) is 0 Å². The number of aromatic hydroxyl groups is 1. The van der Waals surface area contributed by atoms with Crippen LogP contribution in [-0.2, 0) is 0 Å². The van der Waals surface area contributed by atoms with E-state index in [2.05, 4.69) is 0 Å². The Morgan fingerprint density at radius 3 is 1.74 bits per heavy atom. The van der Waals surface area contributed by atoms with Gasteiger partial charge in [-0.1, -0.05) is 31.2 Å². The third-order valence-corrected chi connectivity index (χ3v) is 5.52. The minimum atomic E-state index is -0.867. The van der Waals surface area contributed by atoms with Gasteiger partial charge in [0.25, 0.3) is 0 Å². The molecule has 0 unspecified atom stereocenters. The second-order valence-electron chi connectivity index (χ2n) is 7.82. The van der Waals surface area contributed by atoms with Crippen LogP contribution in [0.15, 0.2) is 69.5 Å². The van der Waals surface area contributed by atoms with Gasteiger partial charge in [-0.05, 0) is 42.8 Å². The van der Waals surface area contributed by atoms with Gasteiger partial charge < -0.3 is 18.7 Å². The summed E-state index contributed by atoms with van der Waals surface area (Å²) < 4.78 is 70.4. The smallest absolute Gasteiger partial charge is 0.208 e. The summed E-state index contributed by atoms with van der Waals surface area (Å²) in [6.45, 7) is 2.37. The number of para-hydroxylation sites is 2. The molecule has 0 aliphatic rings. The molecular formula is C27H18F4O4. The molecule has 0 saturated carbocycles. The van der Waals surface area contributed by atoms with E-state index < -0.39 is 29.0 Å². The number of phenols is 1. The fraction of sp³-hybridized carbons (Fsp3) is 0.111. The summed E-state index contributed by atoms with van der Waals surface area (Å²) in [7, 11) is 0. The highest BCUT2D eigenvalue weighted by molar-refractivity contribution is 6.06. The van der Waals surface area contributed by atoms with E-state index >= 15 is 0 Å². The molecule has 4 aromatic carbocycles. The Balaban J connectivity index is 0.000000147. The number of halogens is 4. The Hall–Kier alpha value is -4.20. The number of hydrogen-bond acceptors (Lipinski definition) is 4. The minimum absolute atomic E-state index is 0.00185. The average Bonchev–Trinajstić information content (AvgIpc) is 3.43. The number of rotatable bonds is 3. The van der Waals surface area contributed by atoms with Crippen LogP contribution in [-0.4, -0.2) is 11.7 Å². The molecule has 1 N–H and O–H groups in total. The number of benzene rings is 4. The first-order chi connectivity index (χ1) is 16.9. The fourth-order valence-electron chi connectivity index (χ4n) is 3.88. The maximum atomic E-state index is 14.2. The topological polar surface area (TPSA) is 55.7 Å². The molecule has 2 heterocycles. The van der Waals surface area contributed by atoms with Crippen molar-refractivity contribution in [3.05, 3.63) is 83.9 Å². The molecule has 0 amide bonds. The first-order valence-electron chi connectivity index (χ1n) is 10.8. The van der Waals surface area contributed by atoms with Crippen LogP contribution >= 0.6 is 0 Å². The van der Waals surface area contributed by atoms with Crippen LogP contribution in [0.1, 0.15) is 13.3 Å². The first-order valence-corrected chi connectivity index (χ1v) is 10.8. The van der Waals surface area contributed by atoms with Crippen LogP contribution in [0, 0.1) is 23.3 Å². The SMILES string of the molecule is CCCOc1ccc2c(oc3c(F)cccc32)c1F.Oc1ccc2c(oc3c(F)cccc32)c1F. The highest BCUT2D eigenvalue weighted by atomic mass is 19.1. The Labute approximate surface area is 195 Å². The standard InChI is InChI=1S/C15H12F2O2.C12H6F2O2/c1-2-8-18-12-7-6-10-9-4-3-5-11(16)14(9)19-15(10)13(12)17;13-8-3-1-2-6-7-4-5-9(15)10(14)12(7)16-11(6)8/h3-7H,2,8H2,1H3;1-5,15H. The third-order valence-electron chi connectivity index (χ3n) is 5.52. The van der Waals surface area contributed by atoms with E-state index in [1.165, 1.54) is 30.3 Å². The van der Waals surface area contributed by atoms with Gasteiger partial charge in [-0.25, -0.2) is 8.78 Å². The minimum Gasteiger partial charge on any atom is -0.505 e. The summed E-state index contributed by atoms with van der Waals surface area (Å²) in [5, 5.41) is 11.2. The molecule has 0 atom stereocenters. The molecule has 0 bridgehead atoms. The highest BCUT2D eigenvalue weighted by Gasteiger charge is 2.18. The molecule has 2 aromatic heterocycles. The van der Waals surface area contributed by atoms with Crippen molar-refractivity contribution in [3.8, 4) is 11.5 Å². The summed E-state index contributed by atoms with van der Waals surface area (Å²) in [5.74, 6) is -2.87. The quantitative estimate of drug-likeness (QED) is 0.258. The molecule has 0 radical (unpaired) electrons. The zero-order chi connectivity index (χ0) is 24.7. The summed E-state index contributed by atoms with van der Waals surface area (Å²) in [5.41, 5.74) is -0.0140. The number of ether oxygens (including phenoxy) is 1. The Morgan fingerprint density at radius 2 is 1.17 bits per heavy atom.